The van der Waals surface area contributed by atoms with E-state index in [0.717, 1.165) is 17.6 Å². The van der Waals surface area contributed by atoms with Crippen molar-refractivity contribution in [1.82, 2.24) is 4.31 Å². The fourth-order valence-electron chi connectivity index (χ4n) is 3.18. The van der Waals surface area contributed by atoms with Gasteiger partial charge in [-0.3, -0.25) is 0 Å². The molecule has 6 heteroatoms. The van der Waals surface area contributed by atoms with E-state index in [1.54, 1.807) is 28.6 Å². The van der Waals surface area contributed by atoms with Crippen molar-refractivity contribution in [3.05, 3.63) is 64.6 Å². The Bertz CT molecular complexity index is 770. The summed E-state index contributed by atoms with van der Waals surface area (Å²) in [4.78, 5) is 1.80. The van der Waals surface area contributed by atoms with Gasteiger partial charge in [-0.05, 0) is 31.2 Å². The lowest BCUT2D eigenvalue weighted by molar-refractivity contribution is -0.933. The topological polar surface area (TPSA) is 41.8 Å². The summed E-state index contributed by atoms with van der Waals surface area (Å²) in [7, 11) is -3.39. The molecule has 0 radical (unpaired) electrons. The molecule has 0 bridgehead atoms. The molecule has 4 nitrogen and oxygen atoms in total. The number of nitrogens with zero attached hydrogens (tertiary/aromatic N) is 1. The lowest BCUT2D eigenvalue weighted by atomic mass is 10.1. The first-order chi connectivity index (χ1) is 11.5. The van der Waals surface area contributed by atoms with Gasteiger partial charge in [0.05, 0.1) is 31.1 Å². The molecular formula is C18H22BrN2O2S+. The predicted octanol–water partition coefficient (Wildman–Crippen LogP) is 2.10. The third kappa shape index (κ3) is 3.72. The standard InChI is InChI=1S/C18H21BrN2O2S/c1-15(16-5-3-2-4-6-16)20-11-13-21(14-12-20)24(22,23)18-9-7-17(19)8-10-18/h2-10,15H,11-14H2,1H3/p+1/t15-/m0/s1. The molecule has 0 saturated carbocycles. The highest BCUT2D eigenvalue weighted by Gasteiger charge is 2.32. The largest absolute Gasteiger partial charge is 0.327 e. The summed E-state index contributed by atoms with van der Waals surface area (Å²) in [5.74, 6) is 0. The van der Waals surface area contributed by atoms with E-state index in [1.165, 1.54) is 10.5 Å². The summed E-state index contributed by atoms with van der Waals surface area (Å²) < 4.78 is 28.0. The average molecular weight is 410 g/mol. The Balaban J connectivity index is 1.67. The number of piperazine rings is 1. The lowest BCUT2D eigenvalue weighted by Gasteiger charge is -2.35. The second-order valence-electron chi connectivity index (χ2n) is 6.15. The van der Waals surface area contributed by atoms with Crippen LogP contribution in [-0.4, -0.2) is 38.9 Å². The smallest absolute Gasteiger partial charge is 0.243 e. The van der Waals surface area contributed by atoms with E-state index in [4.69, 9.17) is 0 Å². The quantitative estimate of drug-likeness (QED) is 0.839. The molecule has 0 unspecified atom stereocenters. The van der Waals surface area contributed by atoms with Crippen LogP contribution in [0, 0.1) is 0 Å². The van der Waals surface area contributed by atoms with E-state index < -0.39 is 10.0 Å². The number of nitrogens with one attached hydrogen (secondary N) is 1. The van der Waals surface area contributed by atoms with Crippen LogP contribution in [-0.2, 0) is 10.0 Å². The number of hydrogen-bond acceptors (Lipinski definition) is 2. The first-order valence-corrected chi connectivity index (χ1v) is 10.4. The Kier molecular flexibility index (Phi) is 5.39. The fourth-order valence-corrected chi connectivity index (χ4v) is 4.89. The predicted molar refractivity (Wildman–Crippen MR) is 98.5 cm³/mol. The van der Waals surface area contributed by atoms with E-state index >= 15 is 0 Å². The molecule has 128 valence electrons. The van der Waals surface area contributed by atoms with Crippen LogP contribution in [0.3, 0.4) is 0 Å². The zero-order valence-corrected chi connectivity index (χ0v) is 16.1. The molecule has 1 heterocycles. The van der Waals surface area contributed by atoms with Crippen molar-refractivity contribution in [2.24, 2.45) is 0 Å². The van der Waals surface area contributed by atoms with Crippen LogP contribution in [0.1, 0.15) is 18.5 Å². The van der Waals surface area contributed by atoms with Crippen LogP contribution < -0.4 is 4.90 Å². The average Bonchev–Trinajstić information content (AvgIpc) is 2.62. The monoisotopic (exact) mass is 409 g/mol. The van der Waals surface area contributed by atoms with Crippen LogP contribution in [0.15, 0.2) is 64.0 Å². The minimum absolute atomic E-state index is 0.366. The molecule has 2 aromatic rings. The van der Waals surface area contributed by atoms with E-state index in [0.29, 0.717) is 24.0 Å². The highest BCUT2D eigenvalue weighted by Crippen LogP contribution is 2.19. The molecule has 0 amide bonds. The molecule has 1 aliphatic heterocycles. The van der Waals surface area contributed by atoms with Gasteiger partial charge in [-0.15, -0.1) is 0 Å². The molecular weight excluding hydrogens is 388 g/mol. The Morgan fingerprint density at radius 2 is 1.58 bits per heavy atom. The van der Waals surface area contributed by atoms with Gasteiger partial charge in [0.2, 0.25) is 10.0 Å². The fraction of sp³-hybridized carbons (Fsp3) is 0.333. The number of rotatable bonds is 4. The van der Waals surface area contributed by atoms with Crippen molar-refractivity contribution in [2.45, 2.75) is 17.9 Å². The van der Waals surface area contributed by atoms with Crippen molar-refractivity contribution in [3.8, 4) is 0 Å². The summed E-state index contributed by atoms with van der Waals surface area (Å²) in [6, 6.07) is 17.6. The van der Waals surface area contributed by atoms with Gasteiger partial charge in [-0.25, -0.2) is 8.42 Å². The van der Waals surface area contributed by atoms with E-state index in [9.17, 15) is 8.42 Å². The molecule has 1 fully saturated rings. The van der Waals surface area contributed by atoms with Crippen molar-refractivity contribution in [2.75, 3.05) is 26.2 Å². The minimum atomic E-state index is -3.39. The maximum atomic E-state index is 12.7. The Morgan fingerprint density at radius 3 is 2.17 bits per heavy atom. The number of quaternary nitrogens is 1. The molecule has 0 spiro atoms. The zero-order valence-electron chi connectivity index (χ0n) is 13.7. The third-order valence-corrected chi connectivity index (χ3v) is 7.17. The molecule has 1 aliphatic rings. The number of sulfonamides is 1. The summed E-state index contributed by atoms with van der Waals surface area (Å²) in [5, 5.41) is 0. The van der Waals surface area contributed by atoms with Crippen LogP contribution in [0.25, 0.3) is 0 Å². The summed E-state index contributed by atoms with van der Waals surface area (Å²) >= 11 is 3.34. The molecule has 0 aliphatic carbocycles. The first kappa shape index (κ1) is 17.6. The van der Waals surface area contributed by atoms with Gasteiger partial charge in [0.1, 0.15) is 6.04 Å². The van der Waals surface area contributed by atoms with Crippen LogP contribution in [0.2, 0.25) is 0 Å². The number of halogens is 1. The second kappa shape index (κ2) is 7.35. The van der Waals surface area contributed by atoms with Crippen molar-refractivity contribution in [1.29, 1.82) is 0 Å². The molecule has 24 heavy (non-hydrogen) atoms. The van der Waals surface area contributed by atoms with E-state index in [2.05, 4.69) is 47.1 Å². The van der Waals surface area contributed by atoms with Gasteiger partial charge in [-0.2, -0.15) is 4.31 Å². The molecule has 1 N–H and O–H groups in total. The molecule has 0 aromatic heterocycles. The van der Waals surface area contributed by atoms with Gasteiger partial charge in [0.25, 0.3) is 0 Å². The zero-order chi connectivity index (χ0) is 17.2. The highest BCUT2D eigenvalue weighted by molar-refractivity contribution is 9.10. The number of benzene rings is 2. The van der Waals surface area contributed by atoms with Gasteiger partial charge in [0, 0.05) is 10.0 Å². The van der Waals surface area contributed by atoms with Gasteiger partial charge < -0.3 is 4.90 Å². The SMILES string of the molecule is C[C@@H](c1ccccc1)[NH+]1CCN(S(=O)(=O)c2ccc(Br)cc2)CC1. The second-order valence-corrected chi connectivity index (χ2v) is 9.00. The van der Waals surface area contributed by atoms with Crippen molar-refractivity contribution < 1.29 is 13.3 Å². The Labute approximate surface area is 152 Å². The van der Waals surface area contributed by atoms with E-state index in [1.807, 2.05) is 6.07 Å². The summed E-state index contributed by atoms with van der Waals surface area (Å²) in [5.41, 5.74) is 1.30. The molecule has 3 rings (SSSR count). The highest BCUT2D eigenvalue weighted by atomic mass is 79.9. The lowest BCUT2D eigenvalue weighted by Crippen LogP contribution is -3.14. The summed E-state index contributed by atoms with van der Waals surface area (Å²) in [6.45, 7) is 4.98. The third-order valence-electron chi connectivity index (χ3n) is 4.73. The molecule has 1 saturated heterocycles. The maximum Gasteiger partial charge on any atom is 0.243 e. The van der Waals surface area contributed by atoms with Crippen molar-refractivity contribution in [3.63, 3.8) is 0 Å². The summed E-state index contributed by atoms with van der Waals surface area (Å²) in [6.07, 6.45) is 0. The maximum absolute atomic E-state index is 12.7. The first-order valence-electron chi connectivity index (χ1n) is 8.14. The van der Waals surface area contributed by atoms with Crippen LogP contribution in [0.5, 0.6) is 0 Å². The minimum Gasteiger partial charge on any atom is -0.327 e. The van der Waals surface area contributed by atoms with Gasteiger partial charge >= 0.3 is 0 Å². The number of hydrogen-bond donors (Lipinski definition) is 1. The Morgan fingerprint density at radius 1 is 1.00 bits per heavy atom. The van der Waals surface area contributed by atoms with Crippen LogP contribution in [0.4, 0.5) is 0 Å². The Hall–Kier alpha value is -1.21. The molecule has 1 atom stereocenters. The van der Waals surface area contributed by atoms with Crippen molar-refractivity contribution >= 4 is 26.0 Å². The molecule has 2 aromatic carbocycles. The van der Waals surface area contributed by atoms with Gasteiger partial charge in [-0.1, -0.05) is 46.3 Å². The van der Waals surface area contributed by atoms with Gasteiger partial charge in [0.15, 0.2) is 0 Å². The van der Waals surface area contributed by atoms with Crippen LogP contribution >= 0.6 is 15.9 Å². The van der Waals surface area contributed by atoms with E-state index in [-0.39, 0.29) is 0 Å². The normalized spacial score (nSPS) is 18.4.